The molecule has 0 saturated heterocycles. The largest absolute Gasteiger partial charge is 0.392 e. The molecular formula is C6H9N3O3. The predicted molar refractivity (Wildman–Crippen MR) is 40.7 cm³/mol. The van der Waals surface area contributed by atoms with Crippen LogP contribution in [-0.4, -0.2) is 26.1 Å². The first-order chi connectivity index (χ1) is 7.16. The van der Waals surface area contributed by atoms with Crippen LogP contribution in [0.2, 0.25) is 0 Å². The molecule has 0 radical (unpaired) electrons. The van der Waals surface area contributed by atoms with Gasteiger partial charge in [-0.3, -0.25) is 0 Å². The summed E-state index contributed by atoms with van der Waals surface area (Å²) in [5, 5.41) is 19.6. The average Bonchev–Trinajstić information content (AvgIpc) is 2.37. The van der Waals surface area contributed by atoms with Crippen LogP contribution in [-0.2, 0) is 6.52 Å². The van der Waals surface area contributed by atoms with Crippen LogP contribution < -0.4 is 0 Å². The van der Waals surface area contributed by atoms with E-state index in [4.69, 9.17) is 10.6 Å². The molecule has 0 aliphatic carbocycles. The van der Waals surface area contributed by atoms with Gasteiger partial charge in [0.2, 0.25) is 0 Å². The first-order valence-electron chi connectivity index (χ1n) is 5.08. The molecule has 1 aromatic heterocycles. The van der Waals surface area contributed by atoms with Gasteiger partial charge in [-0.2, -0.15) is 0 Å². The normalized spacial score (nSPS) is 18.8. The van der Waals surface area contributed by atoms with Crippen molar-refractivity contribution in [3.8, 4) is 0 Å². The summed E-state index contributed by atoms with van der Waals surface area (Å²) in [6.45, 7) is -3.61. The Kier molecular flexibility index (Phi) is 1.26. The molecule has 0 saturated carbocycles. The first-order valence-corrected chi connectivity index (χ1v) is 3.00. The second-order valence-corrected chi connectivity index (χ2v) is 1.98. The molecular weight excluding hydrogens is 162 g/mol. The highest BCUT2D eigenvalue weighted by Gasteiger charge is 2.15. The van der Waals surface area contributed by atoms with Crippen LogP contribution in [0.3, 0.4) is 0 Å². The molecule has 12 heavy (non-hydrogen) atoms. The Hall–Kier alpha value is -1.43. The topological polar surface area (TPSA) is 81.2 Å². The zero-order valence-electron chi connectivity index (χ0n) is 10.2. The van der Waals surface area contributed by atoms with Crippen molar-refractivity contribution in [3.63, 3.8) is 0 Å². The van der Waals surface area contributed by atoms with Crippen LogP contribution in [0.25, 0.3) is 0 Å². The van der Waals surface area contributed by atoms with Gasteiger partial charge in [-0.05, 0) is 4.92 Å². The Morgan fingerprint density at radius 3 is 3.25 bits per heavy atom. The Morgan fingerprint density at radius 1 is 2.08 bits per heavy atom. The van der Waals surface area contributed by atoms with E-state index in [0.29, 0.717) is 4.57 Å². The van der Waals surface area contributed by atoms with Gasteiger partial charge >= 0.3 is 5.82 Å². The maximum atomic E-state index is 10.6. The van der Waals surface area contributed by atoms with Crippen molar-refractivity contribution in [1.82, 2.24) is 9.55 Å². The predicted octanol–water partition coefficient (Wildman–Crippen LogP) is 0.0920. The number of nitrogens with zero attached hydrogens (tertiary/aromatic N) is 3. The quantitative estimate of drug-likeness (QED) is 0.521. The molecule has 1 heterocycles. The lowest BCUT2D eigenvalue weighted by Crippen LogP contribution is -2.07. The molecule has 0 fully saturated rings. The van der Waals surface area contributed by atoms with Gasteiger partial charge in [0.1, 0.15) is 12.7 Å². The second-order valence-electron chi connectivity index (χ2n) is 1.98. The van der Waals surface area contributed by atoms with E-state index in [9.17, 15) is 10.1 Å². The molecule has 0 spiro atoms. The third-order valence-corrected chi connectivity index (χ3v) is 1.25. The van der Waals surface area contributed by atoms with Crippen LogP contribution >= 0.6 is 0 Å². The van der Waals surface area contributed by atoms with Crippen molar-refractivity contribution in [2.75, 3.05) is 6.56 Å². The molecule has 6 heteroatoms. The number of aryl methyl sites for hydroxylation is 1. The van der Waals surface area contributed by atoms with Crippen LogP contribution in [0, 0.1) is 17.0 Å². The van der Waals surface area contributed by atoms with E-state index in [1.807, 2.05) is 0 Å². The van der Waals surface area contributed by atoms with Crippen molar-refractivity contribution >= 4 is 5.82 Å². The highest BCUT2D eigenvalue weighted by atomic mass is 16.6. The van der Waals surface area contributed by atoms with E-state index in [0.717, 1.165) is 0 Å². The third-order valence-electron chi connectivity index (χ3n) is 1.25. The van der Waals surface area contributed by atoms with Crippen LogP contribution in [0.1, 0.15) is 11.3 Å². The molecule has 1 rings (SSSR count). The number of rotatable bonds is 3. The SMILES string of the molecule is [2H]c1nc(C)n(C([2H])C([2H])([2H])O)c1[N+](=O)[O-]. The lowest BCUT2D eigenvalue weighted by atomic mass is 10.6. The standard InChI is InChI=1S/C6H9N3O3/c1-5-7-4-6(9(11)12)8(5)2-3-10/h4,10H,2-3H2,1H3/i2D,3D2,4D. The van der Waals surface area contributed by atoms with Crippen molar-refractivity contribution < 1.29 is 15.5 Å². The van der Waals surface area contributed by atoms with Crippen LogP contribution in [0.5, 0.6) is 0 Å². The molecule has 6 nitrogen and oxygen atoms in total. The molecule has 1 atom stereocenters. The Balaban J connectivity index is 3.38. The van der Waals surface area contributed by atoms with Crippen molar-refractivity contribution in [1.29, 1.82) is 0 Å². The van der Waals surface area contributed by atoms with Crippen molar-refractivity contribution in [2.24, 2.45) is 0 Å². The smallest absolute Gasteiger partial charge is 0.342 e. The summed E-state index contributed by atoms with van der Waals surface area (Å²) in [4.78, 5) is 13.1. The van der Waals surface area contributed by atoms with Gasteiger partial charge in [0.25, 0.3) is 0 Å². The first kappa shape index (κ1) is 4.56. The highest BCUT2D eigenvalue weighted by molar-refractivity contribution is 5.18. The molecule has 66 valence electrons. The number of aromatic nitrogens is 2. The van der Waals surface area contributed by atoms with E-state index in [-0.39, 0.29) is 5.82 Å². The van der Waals surface area contributed by atoms with Gasteiger partial charge in [-0.1, -0.05) is 0 Å². The molecule has 0 aliphatic rings. The molecule has 1 aromatic rings. The zero-order valence-corrected chi connectivity index (χ0v) is 6.18. The van der Waals surface area contributed by atoms with E-state index in [1.165, 1.54) is 6.92 Å². The Morgan fingerprint density at radius 2 is 2.75 bits per heavy atom. The van der Waals surface area contributed by atoms with Gasteiger partial charge < -0.3 is 15.2 Å². The minimum Gasteiger partial charge on any atom is -0.392 e. The Bertz CT molecular complexity index is 427. The molecule has 1 N–H and O–H groups in total. The summed E-state index contributed by atoms with van der Waals surface area (Å²) in [7, 11) is 0. The fraction of sp³-hybridized carbons (Fsp3) is 0.500. The average molecular weight is 175 g/mol. The lowest BCUT2D eigenvalue weighted by molar-refractivity contribution is -0.392. The Labute approximate surface area is 74.2 Å². The van der Waals surface area contributed by atoms with Gasteiger partial charge in [-0.15, -0.1) is 0 Å². The summed E-state index contributed by atoms with van der Waals surface area (Å²) in [5.74, 6) is -0.884. The number of imidazole rings is 1. The fourth-order valence-electron chi connectivity index (χ4n) is 0.733. The second kappa shape index (κ2) is 3.31. The van der Waals surface area contributed by atoms with Gasteiger partial charge in [0, 0.05) is 6.92 Å². The van der Waals surface area contributed by atoms with Gasteiger partial charge in [-0.25, -0.2) is 9.55 Å². The number of hydrogen-bond acceptors (Lipinski definition) is 4. The number of aliphatic hydroxyl groups is 1. The van der Waals surface area contributed by atoms with Gasteiger partial charge in [0.05, 0.1) is 12.0 Å². The zero-order chi connectivity index (χ0) is 12.7. The molecule has 0 aliphatic heterocycles. The minimum absolute atomic E-state index is 0.0744. The maximum absolute atomic E-state index is 10.6. The van der Waals surface area contributed by atoms with E-state index in [1.54, 1.807) is 0 Å². The number of hydrogen-bond donors (Lipinski definition) is 1. The molecule has 0 bridgehead atoms. The van der Waals surface area contributed by atoms with E-state index in [2.05, 4.69) is 4.98 Å². The third kappa shape index (κ3) is 1.42. The summed E-state index contributed by atoms with van der Waals surface area (Å²) < 4.78 is 29.0. The summed E-state index contributed by atoms with van der Waals surface area (Å²) in [6.07, 6.45) is -0.663. The van der Waals surface area contributed by atoms with Gasteiger partial charge in [0.15, 0.2) is 5.82 Å². The highest BCUT2D eigenvalue weighted by Crippen LogP contribution is 2.12. The lowest BCUT2D eigenvalue weighted by Gasteiger charge is -1.98. The summed E-state index contributed by atoms with van der Waals surface area (Å²) in [6, 6.07) is 0. The van der Waals surface area contributed by atoms with Crippen molar-refractivity contribution in [2.45, 2.75) is 13.4 Å². The number of nitro groups is 1. The molecule has 0 aromatic carbocycles. The summed E-state index contributed by atoms with van der Waals surface area (Å²) in [5.41, 5.74) is 0. The van der Waals surface area contributed by atoms with Crippen LogP contribution in [0.4, 0.5) is 5.82 Å². The monoisotopic (exact) mass is 175 g/mol. The van der Waals surface area contributed by atoms with E-state index >= 15 is 0 Å². The van der Waals surface area contributed by atoms with Crippen LogP contribution in [0.15, 0.2) is 6.17 Å². The fourth-order valence-corrected chi connectivity index (χ4v) is 0.733. The molecule has 0 amide bonds. The van der Waals surface area contributed by atoms with Crippen molar-refractivity contribution in [3.05, 3.63) is 22.1 Å². The summed E-state index contributed by atoms with van der Waals surface area (Å²) >= 11 is 0. The molecule has 1 unspecified atom stereocenters. The minimum atomic E-state index is -2.96. The van der Waals surface area contributed by atoms with E-state index < -0.39 is 30.0 Å². The maximum Gasteiger partial charge on any atom is 0.342 e.